The minimum atomic E-state index is -0.698. The molecule has 0 radical (unpaired) electrons. The number of ether oxygens (including phenoxy) is 1. The third-order valence-corrected chi connectivity index (χ3v) is 3.99. The van der Waals surface area contributed by atoms with E-state index in [0.717, 1.165) is 0 Å². The molecular weight excluding hydrogens is 352 g/mol. The smallest absolute Gasteiger partial charge is 0.255 e. The van der Waals surface area contributed by atoms with Gasteiger partial charge in [-0.25, -0.2) is 0 Å². The number of benzene rings is 2. The van der Waals surface area contributed by atoms with E-state index in [9.17, 15) is 9.59 Å². The van der Waals surface area contributed by atoms with Crippen molar-refractivity contribution < 1.29 is 14.3 Å². The highest BCUT2D eigenvalue weighted by Crippen LogP contribution is 2.19. The molecule has 138 valence electrons. The summed E-state index contributed by atoms with van der Waals surface area (Å²) in [6.45, 7) is 6.05. The van der Waals surface area contributed by atoms with Gasteiger partial charge < -0.3 is 15.4 Å². The molecule has 2 rings (SSSR count). The summed E-state index contributed by atoms with van der Waals surface area (Å²) in [7, 11) is 0. The van der Waals surface area contributed by atoms with E-state index in [2.05, 4.69) is 10.6 Å². The van der Waals surface area contributed by atoms with Crippen molar-refractivity contribution >= 4 is 29.1 Å². The minimum Gasteiger partial charge on any atom is -0.493 e. The van der Waals surface area contributed by atoms with Gasteiger partial charge in [-0.15, -0.1) is 0 Å². The third kappa shape index (κ3) is 5.23. The Kier molecular flexibility index (Phi) is 7.04. The first-order chi connectivity index (χ1) is 12.4. The van der Waals surface area contributed by atoms with Crippen LogP contribution >= 0.6 is 11.6 Å². The van der Waals surface area contributed by atoms with Crippen LogP contribution < -0.4 is 15.4 Å². The number of carbonyl (C=O) groups excluding carboxylic acids is 2. The van der Waals surface area contributed by atoms with Crippen molar-refractivity contribution in [3.63, 3.8) is 0 Å². The zero-order valence-electron chi connectivity index (χ0n) is 15.1. The lowest BCUT2D eigenvalue weighted by atomic mass is 10.0. The number of halogens is 1. The molecule has 0 aliphatic heterocycles. The van der Waals surface area contributed by atoms with E-state index < -0.39 is 6.04 Å². The molecule has 0 spiro atoms. The van der Waals surface area contributed by atoms with E-state index in [4.69, 9.17) is 16.3 Å². The normalized spacial score (nSPS) is 11.7. The Morgan fingerprint density at radius 1 is 1.12 bits per heavy atom. The van der Waals surface area contributed by atoms with Gasteiger partial charge in [0.1, 0.15) is 11.8 Å². The highest BCUT2D eigenvalue weighted by molar-refractivity contribution is 6.30. The molecule has 2 amide bonds. The van der Waals surface area contributed by atoms with Crippen LogP contribution in [0, 0.1) is 5.92 Å². The van der Waals surface area contributed by atoms with E-state index in [0.29, 0.717) is 28.6 Å². The number of para-hydroxylation sites is 1. The van der Waals surface area contributed by atoms with Crippen molar-refractivity contribution in [1.29, 1.82) is 0 Å². The van der Waals surface area contributed by atoms with Crippen LogP contribution in [0.15, 0.2) is 48.5 Å². The van der Waals surface area contributed by atoms with Crippen LogP contribution in [0.4, 0.5) is 5.69 Å². The summed E-state index contributed by atoms with van der Waals surface area (Å²) in [5.41, 5.74) is 0.979. The highest BCUT2D eigenvalue weighted by atomic mass is 35.5. The molecule has 0 bridgehead atoms. The van der Waals surface area contributed by atoms with E-state index in [1.54, 1.807) is 48.5 Å². The molecule has 1 atom stereocenters. The predicted molar refractivity (Wildman–Crippen MR) is 104 cm³/mol. The monoisotopic (exact) mass is 374 g/mol. The summed E-state index contributed by atoms with van der Waals surface area (Å²) in [5.74, 6) is -0.263. The number of amides is 2. The lowest BCUT2D eigenvalue weighted by Gasteiger charge is -2.22. The molecule has 2 aromatic carbocycles. The van der Waals surface area contributed by atoms with Crippen molar-refractivity contribution in [2.75, 3.05) is 11.9 Å². The van der Waals surface area contributed by atoms with Crippen LogP contribution in [0.2, 0.25) is 5.02 Å². The molecular formula is C20H23ClN2O3. The first-order valence-corrected chi connectivity index (χ1v) is 8.89. The number of hydrogen-bond acceptors (Lipinski definition) is 3. The van der Waals surface area contributed by atoms with Crippen LogP contribution in [0.25, 0.3) is 0 Å². The number of hydrogen-bond donors (Lipinski definition) is 2. The topological polar surface area (TPSA) is 67.4 Å². The van der Waals surface area contributed by atoms with Crippen molar-refractivity contribution in [3.05, 3.63) is 59.1 Å². The van der Waals surface area contributed by atoms with Crippen LogP contribution in [-0.2, 0) is 4.79 Å². The molecule has 6 heteroatoms. The van der Waals surface area contributed by atoms with Crippen molar-refractivity contribution in [1.82, 2.24) is 5.32 Å². The maximum Gasteiger partial charge on any atom is 0.255 e. The quantitative estimate of drug-likeness (QED) is 0.765. The van der Waals surface area contributed by atoms with Gasteiger partial charge in [0.2, 0.25) is 5.91 Å². The van der Waals surface area contributed by atoms with Crippen LogP contribution in [-0.4, -0.2) is 24.5 Å². The summed E-state index contributed by atoms with van der Waals surface area (Å²) in [6, 6.07) is 13.1. The van der Waals surface area contributed by atoms with Gasteiger partial charge in [-0.1, -0.05) is 43.6 Å². The van der Waals surface area contributed by atoms with Gasteiger partial charge in [0.05, 0.1) is 12.2 Å². The molecule has 2 aromatic rings. The van der Waals surface area contributed by atoms with E-state index >= 15 is 0 Å². The Morgan fingerprint density at radius 2 is 1.85 bits per heavy atom. The van der Waals surface area contributed by atoms with E-state index in [1.165, 1.54) is 0 Å². The van der Waals surface area contributed by atoms with Gasteiger partial charge in [-0.3, -0.25) is 9.59 Å². The second-order valence-electron chi connectivity index (χ2n) is 6.12. The van der Waals surface area contributed by atoms with Crippen LogP contribution in [0.3, 0.4) is 0 Å². The second-order valence-corrected chi connectivity index (χ2v) is 6.56. The standard InChI is InChI=1S/C20H23ClN2O3/c1-4-26-17-11-6-5-10-16(17)19(24)23-18(13(2)3)20(25)22-15-9-7-8-14(21)12-15/h5-13,18H,4H2,1-3H3,(H,22,25)(H,23,24)/t18-/m0/s1. The van der Waals surface area contributed by atoms with Gasteiger partial charge in [0, 0.05) is 10.7 Å². The van der Waals surface area contributed by atoms with Gasteiger partial charge in [-0.05, 0) is 43.2 Å². The zero-order chi connectivity index (χ0) is 19.1. The number of rotatable bonds is 7. The van der Waals surface area contributed by atoms with Gasteiger partial charge >= 0.3 is 0 Å². The molecule has 2 N–H and O–H groups in total. The lowest BCUT2D eigenvalue weighted by Crippen LogP contribution is -2.47. The fourth-order valence-corrected chi connectivity index (χ4v) is 2.67. The molecule has 0 aliphatic rings. The SMILES string of the molecule is CCOc1ccccc1C(=O)N[C@H](C(=O)Nc1cccc(Cl)c1)C(C)C. The zero-order valence-corrected chi connectivity index (χ0v) is 15.8. The molecule has 0 saturated carbocycles. The first kappa shape index (κ1) is 19.8. The molecule has 0 saturated heterocycles. The molecule has 26 heavy (non-hydrogen) atoms. The molecule has 0 aliphatic carbocycles. The number of anilines is 1. The Hall–Kier alpha value is -2.53. The molecule has 0 heterocycles. The summed E-state index contributed by atoms with van der Waals surface area (Å²) in [6.07, 6.45) is 0. The van der Waals surface area contributed by atoms with Crippen LogP contribution in [0.1, 0.15) is 31.1 Å². The Labute approximate surface area is 158 Å². The van der Waals surface area contributed by atoms with E-state index in [1.807, 2.05) is 20.8 Å². The maximum atomic E-state index is 12.7. The second kappa shape index (κ2) is 9.25. The minimum absolute atomic E-state index is 0.0996. The fourth-order valence-electron chi connectivity index (χ4n) is 2.48. The summed E-state index contributed by atoms with van der Waals surface area (Å²) < 4.78 is 5.49. The van der Waals surface area contributed by atoms with E-state index in [-0.39, 0.29) is 17.7 Å². The van der Waals surface area contributed by atoms with Crippen molar-refractivity contribution in [2.45, 2.75) is 26.8 Å². The Morgan fingerprint density at radius 3 is 2.50 bits per heavy atom. The summed E-state index contributed by atoms with van der Waals surface area (Å²) in [4.78, 5) is 25.3. The lowest BCUT2D eigenvalue weighted by molar-refractivity contribution is -0.118. The van der Waals surface area contributed by atoms with Gasteiger partial charge in [0.15, 0.2) is 0 Å². The molecule has 0 aromatic heterocycles. The average Bonchev–Trinajstić information content (AvgIpc) is 2.60. The predicted octanol–water partition coefficient (Wildman–Crippen LogP) is 4.13. The molecule has 0 fully saturated rings. The van der Waals surface area contributed by atoms with Crippen molar-refractivity contribution in [2.24, 2.45) is 5.92 Å². The fraction of sp³-hybridized carbons (Fsp3) is 0.300. The summed E-state index contributed by atoms with van der Waals surface area (Å²) in [5, 5.41) is 6.12. The molecule has 0 unspecified atom stereocenters. The first-order valence-electron chi connectivity index (χ1n) is 8.51. The summed E-state index contributed by atoms with van der Waals surface area (Å²) >= 11 is 5.95. The number of carbonyl (C=O) groups is 2. The van der Waals surface area contributed by atoms with Crippen LogP contribution in [0.5, 0.6) is 5.75 Å². The van der Waals surface area contributed by atoms with Gasteiger partial charge in [-0.2, -0.15) is 0 Å². The van der Waals surface area contributed by atoms with Crippen molar-refractivity contribution in [3.8, 4) is 5.75 Å². The third-order valence-electron chi connectivity index (χ3n) is 3.76. The number of nitrogens with one attached hydrogen (secondary N) is 2. The van der Waals surface area contributed by atoms with Gasteiger partial charge in [0.25, 0.3) is 5.91 Å². The maximum absolute atomic E-state index is 12.7. The average molecular weight is 375 g/mol. The largest absolute Gasteiger partial charge is 0.493 e. The Balaban J connectivity index is 2.15. The highest BCUT2D eigenvalue weighted by Gasteiger charge is 2.26. The Bertz CT molecular complexity index is 777. The molecule has 5 nitrogen and oxygen atoms in total.